The summed E-state index contributed by atoms with van der Waals surface area (Å²) in [7, 11) is -3.64. The van der Waals surface area contributed by atoms with E-state index in [1.54, 1.807) is 6.92 Å². The smallest absolute Gasteiger partial charge is 0.270 e. The van der Waals surface area contributed by atoms with Gasteiger partial charge < -0.3 is 5.73 Å². The summed E-state index contributed by atoms with van der Waals surface area (Å²) in [4.78, 5) is 0. The molecule has 3 N–H and O–H groups in total. The van der Waals surface area contributed by atoms with Crippen molar-refractivity contribution >= 4 is 26.5 Å². The van der Waals surface area contributed by atoms with Crippen LogP contribution in [-0.2, 0) is 10.0 Å². The topological polar surface area (TPSA) is 98.0 Å². The lowest BCUT2D eigenvalue weighted by atomic mass is 10.3. The molecule has 0 saturated carbocycles. The lowest BCUT2D eigenvalue weighted by Gasteiger charge is -2.08. The summed E-state index contributed by atoms with van der Waals surface area (Å²) in [6.45, 7) is 1.67. The third-order valence-electron chi connectivity index (χ3n) is 1.43. The largest absolute Gasteiger partial charge is 0.374 e. The summed E-state index contributed by atoms with van der Waals surface area (Å²) in [5.41, 5.74) is 5.29. The van der Waals surface area contributed by atoms with Crippen LogP contribution in [0.4, 0.5) is 5.13 Å². The van der Waals surface area contributed by atoms with Gasteiger partial charge >= 0.3 is 0 Å². The van der Waals surface area contributed by atoms with E-state index in [0.29, 0.717) is 6.42 Å². The third kappa shape index (κ3) is 3.16. The number of hydrogen-bond acceptors (Lipinski definition) is 6. The summed E-state index contributed by atoms with van der Waals surface area (Å²) in [6.07, 6.45) is 5.37. The van der Waals surface area contributed by atoms with Gasteiger partial charge in [-0.15, -0.1) is 22.5 Å². The van der Waals surface area contributed by atoms with E-state index in [1.165, 1.54) is 0 Å². The SMILES string of the molecule is C#CCC(C)NS(=O)(=O)c1nnc(N)s1. The molecule has 0 aliphatic carbocycles. The zero-order valence-corrected chi connectivity index (χ0v) is 9.60. The number of nitrogens with one attached hydrogen (secondary N) is 1. The van der Waals surface area contributed by atoms with Crippen LogP contribution < -0.4 is 10.5 Å². The fraction of sp³-hybridized carbons (Fsp3) is 0.429. The molecule has 0 bridgehead atoms. The molecule has 1 unspecified atom stereocenters. The molecule has 82 valence electrons. The van der Waals surface area contributed by atoms with Crippen LogP contribution >= 0.6 is 11.3 Å². The molecule has 1 rings (SSSR count). The predicted octanol–water partition coefficient (Wildman–Crippen LogP) is -0.190. The third-order valence-corrected chi connectivity index (χ3v) is 4.14. The number of nitrogens with zero attached hydrogens (tertiary/aromatic N) is 2. The molecule has 15 heavy (non-hydrogen) atoms. The molecule has 0 amide bonds. The molecule has 6 nitrogen and oxygen atoms in total. The molecule has 1 aromatic rings. The van der Waals surface area contributed by atoms with Crippen molar-refractivity contribution in [3.63, 3.8) is 0 Å². The highest BCUT2D eigenvalue weighted by Crippen LogP contribution is 2.16. The predicted molar refractivity (Wildman–Crippen MR) is 57.6 cm³/mol. The highest BCUT2D eigenvalue weighted by molar-refractivity contribution is 7.91. The summed E-state index contributed by atoms with van der Waals surface area (Å²) < 4.78 is 25.4. The molecule has 0 aliphatic rings. The van der Waals surface area contributed by atoms with E-state index in [2.05, 4.69) is 20.8 Å². The highest BCUT2D eigenvalue weighted by atomic mass is 32.2. The Balaban J connectivity index is 2.81. The Labute approximate surface area is 92.0 Å². The highest BCUT2D eigenvalue weighted by Gasteiger charge is 2.21. The summed E-state index contributed by atoms with van der Waals surface area (Å²) in [5.74, 6) is 2.36. The van der Waals surface area contributed by atoms with Crippen molar-refractivity contribution in [3.05, 3.63) is 0 Å². The number of nitrogens with two attached hydrogens (primary N) is 1. The van der Waals surface area contributed by atoms with Gasteiger partial charge in [0.05, 0.1) is 0 Å². The number of sulfonamides is 1. The van der Waals surface area contributed by atoms with E-state index in [1.807, 2.05) is 0 Å². The molecule has 1 heterocycles. The minimum absolute atomic E-state index is 0.111. The first kappa shape index (κ1) is 11.9. The minimum atomic E-state index is -3.64. The van der Waals surface area contributed by atoms with Crippen molar-refractivity contribution in [2.75, 3.05) is 5.73 Å². The quantitative estimate of drug-likeness (QED) is 0.718. The molecular weight excluding hydrogens is 236 g/mol. The Kier molecular flexibility index (Phi) is 3.62. The Hall–Kier alpha value is -1.17. The number of terminal acetylenes is 1. The van der Waals surface area contributed by atoms with Gasteiger partial charge in [-0.05, 0) is 6.92 Å². The van der Waals surface area contributed by atoms with E-state index >= 15 is 0 Å². The normalized spacial score (nSPS) is 13.3. The van der Waals surface area contributed by atoms with Gasteiger partial charge in [0.2, 0.25) is 9.47 Å². The van der Waals surface area contributed by atoms with E-state index in [0.717, 1.165) is 11.3 Å². The number of anilines is 1. The lowest BCUT2D eigenvalue weighted by Crippen LogP contribution is -2.32. The van der Waals surface area contributed by atoms with Crippen molar-refractivity contribution in [1.82, 2.24) is 14.9 Å². The van der Waals surface area contributed by atoms with Crippen LogP contribution in [0.1, 0.15) is 13.3 Å². The van der Waals surface area contributed by atoms with Gasteiger partial charge in [-0.2, -0.15) is 0 Å². The van der Waals surface area contributed by atoms with Gasteiger partial charge in [-0.25, -0.2) is 13.1 Å². The number of rotatable bonds is 4. The second-order valence-electron chi connectivity index (χ2n) is 2.84. The monoisotopic (exact) mass is 246 g/mol. The van der Waals surface area contributed by atoms with Crippen molar-refractivity contribution in [3.8, 4) is 12.3 Å². The molecule has 0 radical (unpaired) electrons. The zero-order chi connectivity index (χ0) is 11.5. The first-order valence-corrected chi connectivity index (χ1v) is 6.30. The van der Waals surface area contributed by atoms with Crippen LogP contribution in [0.3, 0.4) is 0 Å². The van der Waals surface area contributed by atoms with Gasteiger partial charge in [-0.1, -0.05) is 11.3 Å². The molecule has 0 spiro atoms. The van der Waals surface area contributed by atoms with Crippen LogP contribution in [0.15, 0.2) is 4.34 Å². The molecule has 0 fully saturated rings. The van der Waals surface area contributed by atoms with Crippen molar-refractivity contribution in [2.45, 2.75) is 23.7 Å². The van der Waals surface area contributed by atoms with E-state index in [9.17, 15) is 8.42 Å². The second kappa shape index (κ2) is 4.57. The van der Waals surface area contributed by atoms with Crippen LogP contribution in [0.25, 0.3) is 0 Å². The van der Waals surface area contributed by atoms with Crippen LogP contribution in [0.5, 0.6) is 0 Å². The zero-order valence-electron chi connectivity index (χ0n) is 7.97. The fourth-order valence-electron chi connectivity index (χ4n) is 0.863. The van der Waals surface area contributed by atoms with Crippen LogP contribution in [0, 0.1) is 12.3 Å². The molecule has 1 atom stereocenters. The van der Waals surface area contributed by atoms with E-state index in [-0.39, 0.29) is 15.5 Å². The van der Waals surface area contributed by atoms with Gasteiger partial charge in [-0.3, -0.25) is 0 Å². The first-order valence-electron chi connectivity index (χ1n) is 4.00. The van der Waals surface area contributed by atoms with Gasteiger partial charge in [0.15, 0.2) is 0 Å². The van der Waals surface area contributed by atoms with E-state index < -0.39 is 10.0 Å². The summed E-state index contributed by atoms with van der Waals surface area (Å²) in [6, 6.07) is -0.342. The minimum Gasteiger partial charge on any atom is -0.374 e. The number of nitrogen functional groups attached to an aromatic ring is 1. The van der Waals surface area contributed by atoms with Crippen LogP contribution in [0.2, 0.25) is 0 Å². The standard InChI is InChI=1S/C7H10N4O2S2/c1-3-4-5(2)11-15(12,13)7-10-9-6(8)14-7/h1,5,11H,4H2,2H3,(H2,8,9). The Morgan fingerprint density at radius 2 is 2.33 bits per heavy atom. The molecule has 1 aromatic heterocycles. The maximum atomic E-state index is 11.6. The molecular formula is C7H10N4O2S2. The number of hydrogen-bond donors (Lipinski definition) is 2. The van der Waals surface area contributed by atoms with Crippen LogP contribution in [-0.4, -0.2) is 24.7 Å². The maximum Gasteiger partial charge on any atom is 0.270 e. The maximum absolute atomic E-state index is 11.6. The Bertz CT molecular complexity index is 473. The lowest BCUT2D eigenvalue weighted by molar-refractivity contribution is 0.562. The van der Waals surface area contributed by atoms with E-state index in [4.69, 9.17) is 12.2 Å². The molecule has 0 aromatic carbocycles. The van der Waals surface area contributed by atoms with Gasteiger partial charge in [0.1, 0.15) is 0 Å². The first-order chi connectivity index (χ1) is 6.95. The summed E-state index contributed by atoms with van der Waals surface area (Å²) in [5, 5.41) is 6.98. The van der Waals surface area contributed by atoms with Gasteiger partial charge in [0, 0.05) is 12.5 Å². The Morgan fingerprint density at radius 3 is 2.80 bits per heavy atom. The molecule has 0 saturated heterocycles. The average Bonchev–Trinajstić information content (AvgIpc) is 2.51. The van der Waals surface area contributed by atoms with Crippen molar-refractivity contribution in [1.29, 1.82) is 0 Å². The number of aromatic nitrogens is 2. The molecule has 0 aliphatic heterocycles. The van der Waals surface area contributed by atoms with Crippen molar-refractivity contribution in [2.24, 2.45) is 0 Å². The second-order valence-corrected chi connectivity index (χ2v) is 5.73. The summed E-state index contributed by atoms with van der Waals surface area (Å²) >= 11 is 0.808. The van der Waals surface area contributed by atoms with Gasteiger partial charge in [0.25, 0.3) is 10.0 Å². The molecule has 8 heteroatoms. The fourth-order valence-corrected chi connectivity index (χ4v) is 2.91. The Morgan fingerprint density at radius 1 is 1.67 bits per heavy atom. The average molecular weight is 246 g/mol. The van der Waals surface area contributed by atoms with Crippen molar-refractivity contribution < 1.29 is 8.42 Å².